The van der Waals surface area contributed by atoms with Gasteiger partial charge in [0.25, 0.3) is 5.91 Å². The van der Waals surface area contributed by atoms with Gasteiger partial charge in [-0.1, -0.05) is 29.4 Å². The predicted octanol–water partition coefficient (Wildman–Crippen LogP) is 2.45. The number of ether oxygens (including phenoxy) is 1. The molecular formula is C20H20N4O3. The van der Waals surface area contributed by atoms with Gasteiger partial charge in [0.15, 0.2) is 11.2 Å². The Bertz CT molecular complexity index is 1060. The summed E-state index contributed by atoms with van der Waals surface area (Å²) >= 11 is 0. The molecule has 1 unspecified atom stereocenters. The number of carbonyl (C=O) groups excluding carboxylic acids is 1. The van der Waals surface area contributed by atoms with Gasteiger partial charge in [-0.2, -0.15) is 5.43 Å². The first-order chi connectivity index (χ1) is 13.1. The van der Waals surface area contributed by atoms with E-state index in [4.69, 9.17) is 9.26 Å². The maximum atomic E-state index is 13.2. The zero-order chi connectivity index (χ0) is 18.6. The number of hydrogen-bond acceptors (Lipinski definition) is 6. The number of nitrogens with one attached hydrogen (secondary N) is 2. The van der Waals surface area contributed by atoms with Crippen LogP contribution in [0.1, 0.15) is 34.1 Å². The average Bonchev–Trinajstić information content (AvgIpc) is 3.25. The van der Waals surface area contributed by atoms with Crippen LogP contribution in [0.2, 0.25) is 0 Å². The van der Waals surface area contributed by atoms with E-state index in [9.17, 15) is 4.79 Å². The van der Waals surface area contributed by atoms with Gasteiger partial charge in [-0.15, -0.1) is 0 Å². The summed E-state index contributed by atoms with van der Waals surface area (Å²) in [6.07, 6.45) is 0. The number of benzene rings is 2. The summed E-state index contributed by atoms with van der Waals surface area (Å²) < 4.78 is 11.4. The lowest BCUT2D eigenvalue weighted by Crippen LogP contribution is -2.21. The number of hydrazine groups is 1. The highest BCUT2D eigenvalue weighted by Gasteiger charge is 2.56. The summed E-state index contributed by atoms with van der Waals surface area (Å²) in [6, 6.07) is 11.6. The molecule has 0 saturated carbocycles. The number of hydrogen-bond donors (Lipinski definition) is 2. The minimum atomic E-state index is -0.707. The van der Waals surface area contributed by atoms with Crippen LogP contribution in [0.25, 0.3) is 11.0 Å². The van der Waals surface area contributed by atoms with Crippen molar-refractivity contribution >= 4 is 16.9 Å². The first-order valence-electron chi connectivity index (χ1n) is 9.03. The molecule has 1 aromatic heterocycles. The lowest BCUT2D eigenvalue weighted by molar-refractivity contribution is 0.0841. The fraction of sp³-hybridized carbons (Fsp3) is 0.300. The molecule has 0 bridgehead atoms. The van der Waals surface area contributed by atoms with Gasteiger partial charge >= 0.3 is 0 Å². The van der Waals surface area contributed by atoms with Gasteiger partial charge in [-0.05, 0) is 31.5 Å². The zero-order valence-electron chi connectivity index (χ0n) is 15.2. The SMILES string of the molecule is Cc1cccc2c(C3(C)NN3C(=O)c3cccc4c3OCCNC4)noc12. The van der Waals surface area contributed by atoms with Gasteiger partial charge in [-0.3, -0.25) is 4.79 Å². The van der Waals surface area contributed by atoms with Crippen molar-refractivity contribution in [1.29, 1.82) is 0 Å². The van der Waals surface area contributed by atoms with Crippen LogP contribution in [-0.4, -0.2) is 29.2 Å². The van der Waals surface area contributed by atoms with Crippen LogP contribution in [0.4, 0.5) is 0 Å². The molecule has 0 spiro atoms. The summed E-state index contributed by atoms with van der Waals surface area (Å²) in [5.41, 5.74) is 6.48. The van der Waals surface area contributed by atoms with E-state index < -0.39 is 5.66 Å². The standard InChI is InChI=1S/C20H20N4O3/c1-12-5-3-7-14-16(12)27-22-18(14)20(2)23-24(20)19(25)15-8-4-6-13-11-21-9-10-26-17(13)15/h3-8,21,23H,9-11H2,1-2H3. The Kier molecular flexibility index (Phi) is 3.50. The van der Waals surface area contributed by atoms with Gasteiger partial charge in [0.05, 0.1) is 5.56 Å². The van der Waals surface area contributed by atoms with Crippen molar-refractivity contribution in [2.24, 2.45) is 0 Å². The van der Waals surface area contributed by atoms with Crippen molar-refractivity contribution in [1.82, 2.24) is 20.9 Å². The van der Waals surface area contributed by atoms with Gasteiger partial charge in [-0.25, -0.2) is 5.01 Å². The molecule has 1 amide bonds. The largest absolute Gasteiger partial charge is 0.491 e. The molecule has 3 aromatic rings. The van der Waals surface area contributed by atoms with Crippen molar-refractivity contribution < 1.29 is 14.1 Å². The van der Waals surface area contributed by atoms with E-state index >= 15 is 0 Å². The number of nitrogens with zero attached hydrogens (tertiary/aromatic N) is 2. The smallest absolute Gasteiger partial charge is 0.273 e. The summed E-state index contributed by atoms with van der Waals surface area (Å²) in [4.78, 5) is 13.2. The third kappa shape index (κ3) is 2.43. The molecule has 2 aliphatic rings. The van der Waals surface area contributed by atoms with Crippen LogP contribution in [0.3, 0.4) is 0 Å². The van der Waals surface area contributed by atoms with Crippen LogP contribution < -0.4 is 15.5 Å². The Morgan fingerprint density at radius 2 is 2.11 bits per heavy atom. The quantitative estimate of drug-likeness (QED) is 0.679. The molecule has 1 atom stereocenters. The number of rotatable bonds is 2. The fourth-order valence-electron chi connectivity index (χ4n) is 3.69. The molecule has 1 fully saturated rings. The third-order valence-corrected chi connectivity index (χ3v) is 5.25. The lowest BCUT2D eigenvalue weighted by atomic mass is 10.0. The number of aromatic nitrogens is 1. The Hall–Kier alpha value is -2.90. The Balaban J connectivity index is 1.51. The monoisotopic (exact) mass is 364 g/mol. The molecule has 5 rings (SSSR count). The van der Waals surface area contributed by atoms with Crippen LogP contribution >= 0.6 is 0 Å². The van der Waals surface area contributed by atoms with Gasteiger partial charge in [0.2, 0.25) is 0 Å². The fourth-order valence-corrected chi connectivity index (χ4v) is 3.69. The molecule has 2 aliphatic heterocycles. The van der Waals surface area contributed by atoms with Crippen LogP contribution in [0.15, 0.2) is 40.9 Å². The second kappa shape index (κ2) is 5.80. The Morgan fingerprint density at radius 1 is 1.26 bits per heavy atom. The second-order valence-electron chi connectivity index (χ2n) is 7.13. The highest BCUT2D eigenvalue weighted by atomic mass is 16.5. The van der Waals surface area contributed by atoms with E-state index in [1.54, 1.807) is 11.1 Å². The summed E-state index contributed by atoms with van der Waals surface area (Å²) in [6.45, 7) is 5.89. The van der Waals surface area contributed by atoms with Crippen molar-refractivity contribution in [2.45, 2.75) is 26.1 Å². The van der Waals surface area contributed by atoms with E-state index in [1.165, 1.54) is 0 Å². The number of amides is 1. The molecule has 27 heavy (non-hydrogen) atoms. The predicted molar refractivity (Wildman–Crippen MR) is 99.0 cm³/mol. The molecule has 0 aliphatic carbocycles. The number of fused-ring (bicyclic) bond motifs is 2. The third-order valence-electron chi connectivity index (χ3n) is 5.25. The van der Waals surface area contributed by atoms with Gasteiger partial charge < -0.3 is 14.6 Å². The molecular weight excluding hydrogens is 344 g/mol. The van der Waals surface area contributed by atoms with E-state index in [0.29, 0.717) is 30.2 Å². The Morgan fingerprint density at radius 3 is 3.00 bits per heavy atom. The highest BCUT2D eigenvalue weighted by molar-refractivity contribution is 5.99. The summed E-state index contributed by atoms with van der Waals surface area (Å²) in [7, 11) is 0. The van der Waals surface area contributed by atoms with E-state index in [2.05, 4.69) is 15.9 Å². The van der Waals surface area contributed by atoms with Crippen LogP contribution in [0.5, 0.6) is 5.75 Å². The molecule has 138 valence electrons. The van der Waals surface area contributed by atoms with Crippen molar-refractivity contribution in [2.75, 3.05) is 13.2 Å². The van der Waals surface area contributed by atoms with Gasteiger partial charge in [0.1, 0.15) is 18.1 Å². The Labute approximate surface area is 156 Å². The molecule has 0 radical (unpaired) electrons. The molecule has 3 heterocycles. The summed E-state index contributed by atoms with van der Waals surface area (Å²) in [5.74, 6) is 0.518. The first kappa shape index (κ1) is 16.3. The topological polar surface area (TPSA) is 89.3 Å². The van der Waals surface area contributed by atoms with E-state index in [1.807, 2.05) is 44.2 Å². The zero-order valence-corrected chi connectivity index (χ0v) is 15.2. The minimum absolute atomic E-state index is 0.139. The number of para-hydroxylation sites is 2. The second-order valence-corrected chi connectivity index (χ2v) is 7.13. The van der Waals surface area contributed by atoms with E-state index in [-0.39, 0.29) is 5.91 Å². The maximum absolute atomic E-state index is 13.2. The molecule has 7 heteroatoms. The number of carbonyl (C=O) groups is 1. The summed E-state index contributed by atoms with van der Waals surface area (Å²) in [5, 5.41) is 10.0. The lowest BCUT2D eigenvalue weighted by Gasteiger charge is -2.13. The van der Waals surface area contributed by atoms with Crippen molar-refractivity contribution in [3.8, 4) is 5.75 Å². The van der Waals surface area contributed by atoms with Crippen molar-refractivity contribution in [3.63, 3.8) is 0 Å². The first-order valence-corrected chi connectivity index (χ1v) is 9.03. The molecule has 7 nitrogen and oxygen atoms in total. The molecule has 1 saturated heterocycles. The molecule has 2 aromatic carbocycles. The van der Waals surface area contributed by atoms with E-state index in [0.717, 1.165) is 28.6 Å². The van der Waals surface area contributed by atoms with Crippen LogP contribution in [0, 0.1) is 6.92 Å². The van der Waals surface area contributed by atoms with Crippen molar-refractivity contribution in [3.05, 3.63) is 58.8 Å². The number of aryl methyl sites for hydroxylation is 1. The normalized spacial score (nSPS) is 21.5. The average molecular weight is 364 g/mol. The maximum Gasteiger partial charge on any atom is 0.273 e. The van der Waals surface area contributed by atoms with Crippen LogP contribution in [-0.2, 0) is 12.2 Å². The molecule has 2 N–H and O–H groups in total. The highest BCUT2D eigenvalue weighted by Crippen LogP contribution is 2.41. The van der Waals surface area contributed by atoms with Gasteiger partial charge in [0, 0.05) is 24.0 Å². The minimum Gasteiger partial charge on any atom is -0.491 e.